The van der Waals surface area contributed by atoms with E-state index < -0.39 is 0 Å². The molecule has 0 atom stereocenters. The molecular formula is C20H37NO4. The molecule has 1 aliphatic rings. The van der Waals surface area contributed by atoms with E-state index in [1.807, 2.05) is 0 Å². The topological polar surface area (TPSA) is 55.8 Å². The zero-order chi connectivity index (χ0) is 18.3. The van der Waals surface area contributed by atoms with E-state index in [2.05, 4.69) is 6.92 Å². The number of carbonyl (C=O) groups excluding carboxylic acids is 2. The van der Waals surface area contributed by atoms with E-state index in [4.69, 9.17) is 9.47 Å². The Kier molecular flexibility index (Phi) is 12.2. The fourth-order valence-corrected chi connectivity index (χ4v) is 3.31. The second-order valence-electron chi connectivity index (χ2n) is 7.08. The van der Waals surface area contributed by atoms with E-state index in [0.717, 1.165) is 12.8 Å². The molecule has 5 nitrogen and oxygen atoms in total. The summed E-state index contributed by atoms with van der Waals surface area (Å²) in [6.07, 6.45) is 13.8. The van der Waals surface area contributed by atoms with Crippen molar-refractivity contribution < 1.29 is 19.1 Å². The lowest BCUT2D eigenvalue weighted by Gasteiger charge is -2.29. The minimum Gasteiger partial charge on any atom is -0.465 e. The lowest BCUT2D eigenvalue weighted by Crippen LogP contribution is -2.40. The lowest BCUT2D eigenvalue weighted by atomic mass is 9.97. The minimum absolute atomic E-state index is 0.0657. The number of amides is 1. The van der Waals surface area contributed by atoms with Crippen LogP contribution in [0.4, 0.5) is 4.79 Å². The Balaban J connectivity index is 1.93. The molecule has 1 rings (SSSR count). The van der Waals surface area contributed by atoms with Gasteiger partial charge in [0.05, 0.1) is 19.6 Å². The van der Waals surface area contributed by atoms with Gasteiger partial charge in [-0.2, -0.15) is 0 Å². The van der Waals surface area contributed by atoms with Crippen molar-refractivity contribution in [3.63, 3.8) is 0 Å². The first kappa shape index (κ1) is 21.8. The number of ether oxygens (including phenoxy) is 2. The quantitative estimate of drug-likeness (QED) is 0.368. The maximum Gasteiger partial charge on any atom is 0.409 e. The summed E-state index contributed by atoms with van der Waals surface area (Å²) in [5.74, 6) is -0.163. The third-order valence-electron chi connectivity index (χ3n) is 5.00. The Morgan fingerprint density at radius 3 is 1.92 bits per heavy atom. The number of hydrogen-bond acceptors (Lipinski definition) is 4. The van der Waals surface area contributed by atoms with Crippen LogP contribution < -0.4 is 0 Å². The van der Waals surface area contributed by atoms with Gasteiger partial charge in [-0.05, 0) is 19.3 Å². The Morgan fingerprint density at radius 2 is 1.40 bits per heavy atom. The number of hydrogen-bond donors (Lipinski definition) is 0. The van der Waals surface area contributed by atoms with Crippen LogP contribution in [0.5, 0.6) is 0 Å². The van der Waals surface area contributed by atoms with E-state index in [9.17, 15) is 9.59 Å². The SMILES string of the molecule is CCCCCCCCCCCCOC(=O)C1CCN(C(=O)OC)CC1. The third kappa shape index (κ3) is 9.71. The molecule has 1 saturated heterocycles. The minimum atomic E-state index is -0.308. The average Bonchev–Trinajstić information content (AvgIpc) is 2.65. The second kappa shape index (κ2) is 14.0. The highest BCUT2D eigenvalue weighted by molar-refractivity contribution is 5.73. The molecule has 1 fully saturated rings. The third-order valence-corrected chi connectivity index (χ3v) is 5.00. The summed E-state index contributed by atoms with van der Waals surface area (Å²) >= 11 is 0. The van der Waals surface area contributed by atoms with E-state index in [1.54, 1.807) is 4.90 Å². The highest BCUT2D eigenvalue weighted by Crippen LogP contribution is 2.19. The van der Waals surface area contributed by atoms with Crippen LogP contribution in [0.2, 0.25) is 0 Å². The Morgan fingerprint density at radius 1 is 0.880 bits per heavy atom. The number of nitrogens with zero attached hydrogens (tertiary/aromatic N) is 1. The maximum absolute atomic E-state index is 12.0. The van der Waals surface area contributed by atoms with Crippen molar-refractivity contribution in [1.82, 2.24) is 4.90 Å². The summed E-state index contributed by atoms with van der Waals surface area (Å²) in [5.41, 5.74) is 0. The van der Waals surface area contributed by atoms with Crippen LogP contribution in [0, 0.1) is 5.92 Å². The molecule has 0 radical (unpaired) electrons. The molecule has 0 aromatic carbocycles. The molecule has 0 unspecified atom stereocenters. The fraction of sp³-hybridized carbons (Fsp3) is 0.900. The normalized spacial score (nSPS) is 15.2. The van der Waals surface area contributed by atoms with Gasteiger partial charge in [0.25, 0.3) is 0 Å². The van der Waals surface area contributed by atoms with Gasteiger partial charge in [-0.25, -0.2) is 4.79 Å². The fourth-order valence-electron chi connectivity index (χ4n) is 3.31. The summed E-state index contributed by atoms with van der Waals surface area (Å²) in [5, 5.41) is 0. The zero-order valence-corrected chi connectivity index (χ0v) is 16.3. The van der Waals surface area contributed by atoms with Crippen LogP contribution in [0.1, 0.15) is 84.0 Å². The lowest BCUT2D eigenvalue weighted by molar-refractivity contribution is -0.150. The van der Waals surface area contributed by atoms with E-state index in [1.165, 1.54) is 58.5 Å². The molecular weight excluding hydrogens is 318 g/mol. The first-order valence-corrected chi connectivity index (χ1v) is 10.2. The van der Waals surface area contributed by atoms with Gasteiger partial charge in [0.1, 0.15) is 0 Å². The number of carbonyl (C=O) groups is 2. The number of rotatable bonds is 12. The van der Waals surface area contributed by atoms with Crippen molar-refractivity contribution >= 4 is 12.1 Å². The van der Waals surface area contributed by atoms with Crippen LogP contribution in [-0.2, 0) is 14.3 Å². The van der Waals surface area contributed by atoms with Gasteiger partial charge in [-0.3, -0.25) is 4.79 Å². The van der Waals surface area contributed by atoms with Crippen molar-refractivity contribution in [3.8, 4) is 0 Å². The first-order valence-electron chi connectivity index (χ1n) is 10.2. The smallest absolute Gasteiger partial charge is 0.409 e. The number of methoxy groups -OCH3 is 1. The zero-order valence-electron chi connectivity index (χ0n) is 16.3. The van der Waals surface area contributed by atoms with Crippen molar-refractivity contribution in [3.05, 3.63) is 0 Å². The number of unbranched alkanes of at least 4 members (excludes halogenated alkanes) is 9. The van der Waals surface area contributed by atoms with Gasteiger partial charge < -0.3 is 14.4 Å². The first-order chi connectivity index (χ1) is 12.2. The van der Waals surface area contributed by atoms with Gasteiger partial charge in [0.2, 0.25) is 0 Å². The van der Waals surface area contributed by atoms with E-state index in [-0.39, 0.29) is 18.0 Å². The van der Waals surface area contributed by atoms with E-state index >= 15 is 0 Å². The van der Waals surface area contributed by atoms with Gasteiger partial charge in [-0.15, -0.1) is 0 Å². The number of likely N-dealkylation sites (tertiary alicyclic amines) is 1. The van der Waals surface area contributed by atoms with Gasteiger partial charge >= 0.3 is 12.1 Å². The molecule has 0 N–H and O–H groups in total. The van der Waals surface area contributed by atoms with Crippen LogP contribution in [0.25, 0.3) is 0 Å². The molecule has 0 aromatic heterocycles. The molecule has 0 bridgehead atoms. The Labute approximate surface area is 153 Å². The largest absolute Gasteiger partial charge is 0.465 e. The number of piperidine rings is 1. The molecule has 1 heterocycles. The highest BCUT2D eigenvalue weighted by Gasteiger charge is 2.28. The van der Waals surface area contributed by atoms with Crippen LogP contribution >= 0.6 is 0 Å². The highest BCUT2D eigenvalue weighted by atomic mass is 16.5. The monoisotopic (exact) mass is 355 g/mol. The summed E-state index contributed by atoms with van der Waals surface area (Å²) in [7, 11) is 1.38. The molecule has 0 saturated carbocycles. The maximum atomic E-state index is 12.0. The molecule has 0 aliphatic carbocycles. The summed E-state index contributed by atoms with van der Waals surface area (Å²) < 4.78 is 10.1. The molecule has 25 heavy (non-hydrogen) atoms. The number of esters is 1. The van der Waals surface area contributed by atoms with Crippen molar-refractivity contribution in [2.75, 3.05) is 26.8 Å². The van der Waals surface area contributed by atoms with Gasteiger partial charge in [0.15, 0.2) is 0 Å². The standard InChI is InChI=1S/C20H37NO4/c1-3-4-5-6-7-8-9-10-11-12-17-25-19(22)18-13-15-21(16-14-18)20(23)24-2/h18H,3-17H2,1-2H3. The average molecular weight is 356 g/mol. The summed E-state index contributed by atoms with van der Waals surface area (Å²) in [6, 6.07) is 0. The molecule has 1 amide bonds. The molecule has 146 valence electrons. The molecule has 0 spiro atoms. The van der Waals surface area contributed by atoms with Gasteiger partial charge in [-0.1, -0.05) is 64.7 Å². The van der Waals surface area contributed by atoms with Crippen molar-refractivity contribution in [1.29, 1.82) is 0 Å². The second-order valence-corrected chi connectivity index (χ2v) is 7.08. The van der Waals surface area contributed by atoms with Crippen molar-refractivity contribution in [2.45, 2.75) is 84.0 Å². The summed E-state index contributed by atoms with van der Waals surface area (Å²) in [4.78, 5) is 25.1. The predicted octanol–water partition coefficient (Wildman–Crippen LogP) is 4.93. The van der Waals surface area contributed by atoms with Crippen molar-refractivity contribution in [2.24, 2.45) is 5.92 Å². The van der Waals surface area contributed by atoms with Gasteiger partial charge in [0, 0.05) is 13.1 Å². The summed E-state index contributed by atoms with van der Waals surface area (Å²) in [6.45, 7) is 3.93. The van der Waals surface area contributed by atoms with Crippen LogP contribution in [0.15, 0.2) is 0 Å². The molecule has 0 aromatic rings. The van der Waals surface area contributed by atoms with Crippen LogP contribution in [0.3, 0.4) is 0 Å². The van der Waals surface area contributed by atoms with Crippen LogP contribution in [-0.4, -0.2) is 43.8 Å². The van der Waals surface area contributed by atoms with E-state index in [0.29, 0.717) is 32.5 Å². The Bertz CT molecular complexity index is 365. The predicted molar refractivity (Wildman–Crippen MR) is 99.5 cm³/mol. The molecule has 1 aliphatic heterocycles. The Hall–Kier alpha value is -1.26. The molecule has 5 heteroatoms.